The Balaban J connectivity index is 1.80. The number of carbonyl (C=O) groups is 1. The summed E-state index contributed by atoms with van der Waals surface area (Å²) in [4.78, 5) is 20.9. The van der Waals surface area contributed by atoms with E-state index in [2.05, 4.69) is 20.4 Å². The Morgan fingerprint density at radius 1 is 1.16 bits per heavy atom. The molecular formula is C18H18N4O3. The third kappa shape index (κ3) is 4.00. The molecule has 0 atom stereocenters. The van der Waals surface area contributed by atoms with Gasteiger partial charge in [0.05, 0.1) is 5.56 Å². The summed E-state index contributed by atoms with van der Waals surface area (Å²) in [7, 11) is 0. The number of nitrogens with one attached hydrogen (secondary N) is 1. The highest BCUT2D eigenvalue weighted by Crippen LogP contribution is 2.28. The number of pyridine rings is 1. The van der Waals surface area contributed by atoms with Gasteiger partial charge in [-0.3, -0.25) is 4.79 Å². The van der Waals surface area contributed by atoms with Crippen molar-refractivity contribution in [3.63, 3.8) is 0 Å². The Kier molecular flexibility index (Phi) is 4.74. The first-order valence-electron chi connectivity index (χ1n) is 7.79. The molecule has 1 amide bonds. The molecule has 7 nitrogen and oxygen atoms in total. The second kappa shape index (κ2) is 7.12. The smallest absolute Gasteiger partial charge is 0.263 e. The van der Waals surface area contributed by atoms with E-state index in [1.165, 1.54) is 0 Å². The molecule has 0 bridgehead atoms. The van der Waals surface area contributed by atoms with Crippen LogP contribution in [-0.4, -0.2) is 27.6 Å². The number of hydrogen-bond donors (Lipinski definition) is 1. The van der Waals surface area contributed by atoms with Crippen molar-refractivity contribution in [2.45, 2.75) is 20.8 Å². The summed E-state index contributed by atoms with van der Waals surface area (Å²) in [6.07, 6.45) is 0. The zero-order valence-electron chi connectivity index (χ0n) is 14.2. The van der Waals surface area contributed by atoms with Crippen LogP contribution in [0.1, 0.15) is 17.1 Å². The lowest BCUT2D eigenvalue weighted by Crippen LogP contribution is -2.21. The zero-order valence-corrected chi connectivity index (χ0v) is 14.2. The van der Waals surface area contributed by atoms with Crippen LogP contribution in [0.25, 0.3) is 11.4 Å². The van der Waals surface area contributed by atoms with Crippen LogP contribution in [0.5, 0.6) is 5.75 Å². The van der Waals surface area contributed by atoms with Crippen molar-refractivity contribution in [1.29, 1.82) is 0 Å². The van der Waals surface area contributed by atoms with Crippen LogP contribution in [-0.2, 0) is 4.79 Å². The van der Waals surface area contributed by atoms with Crippen molar-refractivity contribution < 1.29 is 14.1 Å². The molecule has 2 aromatic heterocycles. The van der Waals surface area contributed by atoms with E-state index in [1.54, 1.807) is 19.1 Å². The molecule has 128 valence electrons. The molecule has 2 heterocycles. The average Bonchev–Trinajstić information content (AvgIpc) is 2.99. The fraction of sp³-hybridized carbons (Fsp3) is 0.222. The summed E-state index contributed by atoms with van der Waals surface area (Å²) in [6, 6.07) is 11.0. The molecule has 0 spiro atoms. The molecule has 0 aliphatic heterocycles. The van der Waals surface area contributed by atoms with Gasteiger partial charge < -0.3 is 14.6 Å². The van der Waals surface area contributed by atoms with Crippen molar-refractivity contribution in [3.05, 3.63) is 53.5 Å². The van der Waals surface area contributed by atoms with Crippen LogP contribution in [0.3, 0.4) is 0 Å². The van der Waals surface area contributed by atoms with E-state index in [-0.39, 0.29) is 12.5 Å². The molecule has 0 saturated carbocycles. The Labute approximate surface area is 145 Å². The zero-order chi connectivity index (χ0) is 17.8. The summed E-state index contributed by atoms with van der Waals surface area (Å²) in [6.45, 7) is 5.35. The minimum Gasteiger partial charge on any atom is -0.484 e. The van der Waals surface area contributed by atoms with Gasteiger partial charge in [0.15, 0.2) is 6.61 Å². The van der Waals surface area contributed by atoms with E-state index < -0.39 is 0 Å². The maximum Gasteiger partial charge on any atom is 0.263 e. The monoisotopic (exact) mass is 338 g/mol. The van der Waals surface area contributed by atoms with Gasteiger partial charge in [0, 0.05) is 12.6 Å². The first kappa shape index (κ1) is 16.6. The van der Waals surface area contributed by atoms with E-state index in [0.29, 0.717) is 28.8 Å². The third-order valence-electron chi connectivity index (χ3n) is 3.47. The van der Waals surface area contributed by atoms with Gasteiger partial charge in [-0.1, -0.05) is 23.4 Å². The number of aromatic nitrogens is 3. The number of carbonyl (C=O) groups excluding carboxylic acids is 1. The van der Waals surface area contributed by atoms with Crippen LogP contribution < -0.4 is 10.1 Å². The van der Waals surface area contributed by atoms with E-state index in [4.69, 9.17) is 9.26 Å². The van der Waals surface area contributed by atoms with Crippen LogP contribution in [0.15, 0.2) is 40.9 Å². The summed E-state index contributed by atoms with van der Waals surface area (Å²) in [5, 5.41) is 6.70. The van der Waals surface area contributed by atoms with Gasteiger partial charge >= 0.3 is 0 Å². The molecule has 0 aliphatic carbocycles. The molecule has 0 fully saturated rings. The van der Waals surface area contributed by atoms with Crippen molar-refractivity contribution in [1.82, 2.24) is 15.1 Å². The van der Waals surface area contributed by atoms with E-state index in [0.717, 1.165) is 11.3 Å². The van der Waals surface area contributed by atoms with Crippen LogP contribution >= 0.6 is 0 Å². The quantitative estimate of drug-likeness (QED) is 0.769. The SMILES string of the molecule is Cc1cc(C)c(-c2noc(C)n2)c(NC(=O)COc2ccccc2)n1. The fourth-order valence-corrected chi connectivity index (χ4v) is 2.44. The second-order valence-corrected chi connectivity index (χ2v) is 5.59. The highest BCUT2D eigenvalue weighted by molar-refractivity contribution is 5.94. The molecule has 0 unspecified atom stereocenters. The van der Waals surface area contributed by atoms with Gasteiger partial charge in [-0.2, -0.15) is 4.98 Å². The minimum atomic E-state index is -0.317. The number of nitrogens with zero attached hydrogens (tertiary/aromatic N) is 3. The van der Waals surface area contributed by atoms with E-state index in [9.17, 15) is 4.79 Å². The van der Waals surface area contributed by atoms with Gasteiger partial charge in [0.1, 0.15) is 11.6 Å². The maximum atomic E-state index is 12.3. The lowest BCUT2D eigenvalue weighted by Gasteiger charge is -2.12. The number of para-hydroxylation sites is 1. The lowest BCUT2D eigenvalue weighted by atomic mass is 10.1. The number of ether oxygens (including phenoxy) is 1. The Morgan fingerprint density at radius 2 is 1.92 bits per heavy atom. The van der Waals surface area contributed by atoms with Gasteiger partial charge in [0.25, 0.3) is 5.91 Å². The molecular weight excluding hydrogens is 320 g/mol. The second-order valence-electron chi connectivity index (χ2n) is 5.59. The largest absolute Gasteiger partial charge is 0.484 e. The maximum absolute atomic E-state index is 12.3. The van der Waals surface area contributed by atoms with Crippen LogP contribution in [0.2, 0.25) is 0 Å². The molecule has 1 aromatic carbocycles. The van der Waals surface area contributed by atoms with E-state index >= 15 is 0 Å². The molecule has 7 heteroatoms. The molecule has 0 saturated heterocycles. The van der Waals surface area contributed by atoms with Crippen molar-refractivity contribution in [2.24, 2.45) is 0 Å². The molecule has 3 rings (SSSR count). The molecule has 0 aliphatic rings. The van der Waals surface area contributed by atoms with Crippen LogP contribution in [0, 0.1) is 20.8 Å². The van der Waals surface area contributed by atoms with Crippen molar-refractivity contribution in [2.75, 3.05) is 11.9 Å². The number of amides is 1. The van der Waals surface area contributed by atoms with Gasteiger partial charge in [-0.25, -0.2) is 4.98 Å². The predicted octanol–water partition coefficient (Wildman–Crippen LogP) is 3.07. The lowest BCUT2D eigenvalue weighted by molar-refractivity contribution is -0.118. The summed E-state index contributed by atoms with van der Waals surface area (Å²) >= 11 is 0. The molecule has 0 radical (unpaired) electrons. The van der Waals surface area contributed by atoms with Crippen molar-refractivity contribution in [3.8, 4) is 17.1 Å². The topological polar surface area (TPSA) is 90.1 Å². The minimum absolute atomic E-state index is 0.122. The van der Waals surface area contributed by atoms with Crippen LogP contribution in [0.4, 0.5) is 5.82 Å². The molecule has 3 aromatic rings. The Bertz CT molecular complexity index is 891. The normalized spacial score (nSPS) is 10.5. The predicted molar refractivity (Wildman–Crippen MR) is 92.3 cm³/mol. The summed E-state index contributed by atoms with van der Waals surface area (Å²) < 4.78 is 10.5. The number of benzene rings is 1. The van der Waals surface area contributed by atoms with E-state index in [1.807, 2.05) is 38.1 Å². The molecule has 25 heavy (non-hydrogen) atoms. The van der Waals surface area contributed by atoms with Gasteiger partial charge in [-0.15, -0.1) is 0 Å². The fourth-order valence-electron chi connectivity index (χ4n) is 2.44. The first-order chi connectivity index (χ1) is 12.0. The van der Waals surface area contributed by atoms with Gasteiger partial charge in [-0.05, 0) is 37.6 Å². The standard InChI is InChI=1S/C18H18N4O3/c1-11-9-12(2)19-17(16(11)18-20-13(3)25-22-18)21-15(23)10-24-14-7-5-4-6-8-14/h4-9H,10H2,1-3H3,(H,19,21,23). The molecule has 1 N–H and O–H groups in total. The Hall–Kier alpha value is -3.22. The number of aryl methyl sites for hydroxylation is 3. The highest BCUT2D eigenvalue weighted by atomic mass is 16.5. The summed E-state index contributed by atoms with van der Waals surface area (Å²) in [5.41, 5.74) is 2.31. The first-order valence-corrected chi connectivity index (χ1v) is 7.79. The number of hydrogen-bond acceptors (Lipinski definition) is 6. The van der Waals surface area contributed by atoms with Gasteiger partial charge in [0.2, 0.25) is 11.7 Å². The number of rotatable bonds is 5. The average molecular weight is 338 g/mol. The highest BCUT2D eigenvalue weighted by Gasteiger charge is 2.18. The third-order valence-corrected chi connectivity index (χ3v) is 3.47. The van der Waals surface area contributed by atoms with Crippen molar-refractivity contribution >= 4 is 11.7 Å². The summed E-state index contributed by atoms with van der Waals surface area (Å²) in [5.74, 6) is 1.53. The number of anilines is 1. The Morgan fingerprint density at radius 3 is 2.60 bits per heavy atom.